The van der Waals surface area contributed by atoms with E-state index < -0.39 is 6.29 Å². The predicted octanol–water partition coefficient (Wildman–Crippen LogP) is 5.21. The minimum Gasteiger partial charge on any atom is -0.345 e. The molecule has 0 unspecified atom stereocenters. The molecule has 4 nitrogen and oxygen atoms in total. The van der Waals surface area contributed by atoms with Gasteiger partial charge in [-0.1, -0.05) is 74.5 Å². The van der Waals surface area contributed by atoms with Gasteiger partial charge in [-0.3, -0.25) is 0 Å². The Morgan fingerprint density at radius 3 is 2.12 bits per heavy atom. The number of H-pyrrole nitrogens is 1. The number of hydrogen-bond acceptors (Lipinski definition) is 3. The van der Waals surface area contributed by atoms with Crippen molar-refractivity contribution in [2.24, 2.45) is 5.41 Å². The zero-order chi connectivity index (χ0) is 18.0. The normalized spacial score (nSPS) is 23.1. The highest BCUT2D eigenvalue weighted by atomic mass is 16.7. The molecule has 1 fully saturated rings. The maximum atomic E-state index is 5.99. The quantitative estimate of drug-likeness (QED) is 0.704. The van der Waals surface area contributed by atoms with Crippen molar-refractivity contribution in [3.63, 3.8) is 0 Å². The Kier molecular flexibility index (Phi) is 4.62. The van der Waals surface area contributed by atoms with E-state index in [0.717, 1.165) is 34.8 Å². The SMILES string of the molecule is CCC1(C)COC(c2nc(-c3ccccc3)c(-c3ccccc3)[nH]2)OC1. The molecular weight excluding hydrogens is 324 g/mol. The highest BCUT2D eigenvalue weighted by Gasteiger charge is 2.33. The average Bonchev–Trinajstić information content (AvgIpc) is 3.15. The number of ether oxygens (including phenoxy) is 2. The summed E-state index contributed by atoms with van der Waals surface area (Å²) in [5, 5.41) is 0. The van der Waals surface area contributed by atoms with Gasteiger partial charge < -0.3 is 14.5 Å². The lowest BCUT2D eigenvalue weighted by Crippen LogP contribution is -2.36. The van der Waals surface area contributed by atoms with Crippen LogP contribution in [0.15, 0.2) is 60.7 Å². The number of aromatic nitrogens is 2. The van der Waals surface area contributed by atoms with E-state index >= 15 is 0 Å². The van der Waals surface area contributed by atoms with Crippen molar-refractivity contribution < 1.29 is 9.47 Å². The summed E-state index contributed by atoms with van der Waals surface area (Å²) in [7, 11) is 0. The number of nitrogens with one attached hydrogen (secondary N) is 1. The van der Waals surface area contributed by atoms with E-state index in [0.29, 0.717) is 13.2 Å². The van der Waals surface area contributed by atoms with E-state index in [2.05, 4.69) is 43.1 Å². The van der Waals surface area contributed by atoms with Crippen LogP contribution in [0.25, 0.3) is 22.5 Å². The summed E-state index contributed by atoms with van der Waals surface area (Å²) in [6.45, 7) is 5.71. The summed E-state index contributed by atoms with van der Waals surface area (Å²) in [4.78, 5) is 8.30. The van der Waals surface area contributed by atoms with Crippen LogP contribution in [0, 0.1) is 5.41 Å². The van der Waals surface area contributed by atoms with Crippen LogP contribution >= 0.6 is 0 Å². The molecule has 4 rings (SSSR count). The van der Waals surface area contributed by atoms with Gasteiger partial charge in [0, 0.05) is 16.5 Å². The van der Waals surface area contributed by atoms with Crippen LogP contribution in [0.3, 0.4) is 0 Å². The lowest BCUT2D eigenvalue weighted by Gasteiger charge is -2.35. The average molecular weight is 348 g/mol. The van der Waals surface area contributed by atoms with Crippen LogP contribution in [0.1, 0.15) is 32.4 Å². The summed E-state index contributed by atoms with van der Waals surface area (Å²) < 4.78 is 12.0. The number of benzene rings is 2. The molecule has 1 saturated heterocycles. The molecule has 2 aromatic carbocycles. The maximum absolute atomic E-state index is 5.99. The molecule has 0 amide bonds. The van der Waals surface area contributed by atoms with Crippen molar-refractivity contribution in [1.29, 1.82) is 0 Å². The molecule has 134 valence electrons. The molecule has 1 aromatic heterocycles. The Morgan fingerprint density at radius 2 is 1.54 bits per heavy atom. The molecule has 0 atom stereocenters. The standard InChI is InChI=1S/C22H24N2O2/c1-3-22(2)14-25-21(26-15-22)20-23-18(16-10-6-4-7-11-16)19(24-20)17-12-8-5-9-13-17/h4-13,21H,3,14-15H2,1-2H3,(H,23,24). The molecule has 0 spiro atoms. The largest absolute Gasteiger partial charge is 0.345 e. The summed E-state index contributed by atoms with van der Waals surface area (Å²) in [5.41, 5.74) is 4.15. The first-order valence-corrected chi connectivity index (χ1v) is 9.12. The second-order valence-electron chi connectivity index (χ2n) is 7.20. The van der Waals surface area contributed by atoms with Crippen molar-refractivity contribution in [3.8, 4) is 22.5 Å². The first-order valence-electron chi connectivity index (χ1n) is 9.12. The number of hydrogen-bond donors (Lipinski definition) is 1. The highest BCUT2D eigenvalue weighted by molar-refractivity contribution is 5.78. The Balaban J connectivity index is 1.71. The van der Waals surface area contributed by atoms with Gasteiger partial charge in [-0.2, -0.15) is 0 Å². The molecule has 1 N–H and O–H groups in total. The third-order valence-electron chi connectivity index (χ3n) is 5.07. The Hall–Kier alpha value is -2.43. The van der Waals surface area contributed by atoms with Gasteiger partial charge in [0.2, 0.25) is 6.29 Å². The van der Waals surface area contributed by atoms with E-state index in [1.54, 1.807) is 0 Å². The summed E-state index contributed by atoms with van der Waals surface area (Å²) in [6.07, 6.45) is 0.581. The van der Waals surface area contributed by atoms with Gasteiger partial charge in [0.1, 0.15) is 0 Å². The zero-order valence-electron chi connectivity index (χ0n) is 15.2. The fourth-order valence-corrected chi connectivity index (χ4v) is 3.13. The van der Waals surface area contributed by atoms with Crippen molar-refractivity contribution in [3.05, 3.63) is 66.5 Å². The molecule has 0 saturated carbocycles. The van der Waals surface area contributed by atoms with Gasteiger partial charge in [-0.25, -0.2) is 4.98 Å². The van der Waals surface area contributed by atoms with E-state index in [1.165, 1.54) is 0 Å². The van der Waals surface area contributed by atoms with Gasteiger partial charge in [-0.05, 0) is 6.42 Å². The number of rotatable bonds is 4. The third-order valence-corrected chi connectivity index (χ3v) is 5.07. The lowest BCUT2D eigenvalue weighted by molar-refractivity contribution is -0.233. The van der Waals surface area contributed by atoms with Crippen LogP contribution in [0.5, 0.6) is 0 Å². The smallest absolute Gasteiger partial charge is 0.217 e. The maximum Gasteiger partial charge on any atom is 0.217 e. The number of imidazole rings is 1. The summed E-state index contributed by atoms with van der Waals surface area (Å²) in [6, 6.07) is 20.5. The lowest BCUT2D eigenvalue weighted by atomic mass is 9.89. The first-order chi connectivity index (χ1) is 12.7. The first kappa shape index (κ1) is 17.0. The molecule has 0 aliphatic carbocycles. The van der Waals surface area contributed by atoms with E-state index in [1.807, 2.05) is 36.4 Å². The van der Waals surface area contributed by atoms with Gasteiger partial charge >= 0.3 is 0 Å². The fraction of sp³-hybridized carbons (Fsp3) is 0.318. The Bertz CT molecular complexity index is 793. The number of aromatic amines is 1. The number of nitrogens with zero attached hydrogens (tertiary/aromatic N) is 1. The van der Waals surface area contributed by atoms with Crippen LogP contribution in [0.4, 0.5) is 0 Å². The van der Waals surface area contributed by atoms with Crippen molar-refractivity contribution in [2.75, 3.05) is 13.2 Å². The summed E-state index contributed by atoms with van der Waals surface area (Å²) >= 11 is 0. The Labute approximate surface area is 154 Å². The fourth-order valence-electron chi connectivity index (χ4n) is 3.13. The zero-order valence-corrected chi connectivity index (χ0v) is 15.2. The molecule has 3 aromatic rings. The van der Waals surface area contributed by atoms with E-state index in [9.17, 15) is 0 Å². The molecule has 0 radical (unpaired) electrons. The molecule has 26 heavy (non-hydrogen) atoms. The molecule has 1 aliphatic rings. The van der Waals surface area contributed by atoms with Crippen molar-refractivity contribution in [2.45, 2.75) is 26.6 Å². The summed E-state index contributed by atoms with van der Waals surface area (Å²) in [5.74, 6) is 0.723. The second kappa shape index (κ2) is 7.06. The van der Waals surface area contributed by atoms with E-state index in [-0.39, 0.29) is 5.41 Å². The monoisotopic (exact) mass is 348 g/mol. The van der Waals surface area contributed by atoms with E-state index in [4.69, 9.17) is 14.5 Å². The Morgan fingerprint density at radius 1 is 0.962 bits per heavy atom. The molecule has 2 heterocycles. The molecular formula is C22H24N2O2. The molecule has 4 heteroatoms. The van der Waals surface area contributed by atoms with Gasteiger partial charge in [0.25, 0.3) is 0 Å². The van der Waals surface area contributed by atoms with Gasteiger partial charge in [0.15, 0.2) is 5.82 Å². The second-order valence-corrected chi connectivity index (χ2v) is 7.20. The predicted molar refractivity (Wildman–Crippen MR) is 103 cm³/mol. The minimum absolute atomic E-state index is 0.0770. The molecule has 0 bridgehead atoms. The molecule has 1 aliphatic heterocycles. The van der Waals surface area contributed by atoms with Crippen molar-refractivity contribution >= 4 is 0 Å². The van der Waals surface area contributed by atoms with Gasteiger partial charge in [0.05, 0.1) is 24.6 Å². The van der Waals surface area contributed by atoms with Crippen LogP contribution in [0.2, 0.25) is 0 Å². The minimum atomic E-state index is -0.449. The van der Waals surface area contributed by atoms with Crippen LogP contribution < -0.4 is 0 Å². The van der Waals surface area contributed by atoms with Crippen LogP contribution in [-0.4, -0.2) is 23.2 Å². The topological polar surface area (TPSA) is 47.1 Å². The van der Waals surface area contributed by atoms with Crippen LogP contribution in [-0.2, 0) is 9.47 Å². The third kappa shape index (κ3) is 3.30. The highest BCUT2D eigenvalue weighted by Crippen LogP contribution is 2.36. The van der Waals surface area contributed by atoms with Gasteiger partial charge in [-0.15, -0.1) is 0 Å². The van der Waals surface area contributed by atoms with Crippen molar-refractivity contribution in [1.82, 2.24) is 9.97 Å².